The zero-order valence-corrected chi connectivity index (χ0v) is 13.3. The van der Waals surface area contributed by atoms with E-state index in [4.69, 9.17) is 11.6 Å². The van der Waals surface area contributed by atoms with Gasteiger partial charge in [-0.25, -0.2) is 0 Å². The number of carbonyl (C=O) groups is 1. The minimum absolute atomic E-state index is 0.0648. The molecule has 1 aromatic carbocycles. The quantitative estimate of drug-likeness (QED) is 0.761. The number of rotatable bonds is 5. The van der Waals surface area contributed by atoms with Crippen molar-refractivity contribution < 1.29 is 4.79 Å². The van der Waals surface area contributed by atoms with Crippen molar-refractivity contribution in [2.45, 2.75) is 26.3 Å². The fraction of sp³-hybridized carbons (Fsp3) is 0.294. The van der Waals surface area contributed by atoms with Crippen LogP contribution in [0.4, 0.5) is 5.69 Å². The van der Waals surface area contributed by atoms with Crippen molar-refractivity contribution in [1.29, 1.82) is 0 Å². The second-order valence-corrected chi connectivity index (χ2v) is 5.45. The number of benzene rings is 1. The smallest absolute Gasteiger partial charge is 0.180 e. The SMILES string of the molecule is CCC(=O)c1ccc(N(C)C(C)c2ccc(Cl)cc2)cn1. The van der Waals surface area contributed by atoms with E-state index < -0.39 is 0 Å². The molecule has 2 aromatic rings. The largest absolute Gasteiger partial charge is 0.367 e. The predicted molar refractivity (Wildman–Crippen MR) is 87.1 cm³/mol. The molecule has 2 rings (SSSR count). The lowest BCUT2D eigenvalue weighted by Gasteiger charge is -2.27. The number of carbonyl (C=O) groups excluding carboxylic acids is 1. The highest BCUT2D eigenvalue weighted by Gasteiger charge is 2.13. The number of hydrogen-bond acceptors (Lipinski definition) is 3. The number of hydrogen-bond donors (Lipinski definition) is 0. The molecule has 3 nitrogen and oxygen atoms in total. The third-order valence-electron chi connectivity index (χ3n) is 3.70. The van der Waals surface area contributed by atoms with E-state index in [0.717, 1.165) is 10.7 Å². The summed E-state index contributed by atoms with van der Waals surface area (Å²) >= 11 is 5.92. The molecule has 1 aromatic heterocycles. The van der Waals surface area contributed by atoms with Crippen LogP contribution in [0.25, 0.3) is 0 Å². The molecule has 0 N–H and O–H groups in total. The van der Waals surface area contributed by atoms with Gasteiger partial charge in [-0.3, -0.25) is 9.78 Å². The van der Waals surface area contributed by atoms with Crippen LogP contribution < -0.4 is 4.90 Å². The molecule has 0 saturated carbocycles. The molecule has 0 spiro atoms. The van der Waals surface area contributed by atoms with Crippen LogP contribution in [0.2, 0.25) is 5.02 Å². The van der Waals surface area contributed by atoms with Gasteiger partial charge in [-0.2, -0.15) is 0 Å². The van der Waals surface area contributed by atoms with Gasteiger partial charge in [0.05, 0.1) is 17.9 Å². The molecule has 0 aliphatic heterocycles. The zero-order chi connectivity index (χ0) is 15.4. The van der Waals surface area contributed by atoms with E-state index in [1.165, 1.54) is 5.56 Å². The van der Waals surface area contributed by atoms with Gasteiger partial charge in [-0.05, 0) is 36.8 Å². The van der Waals surface area contributed by atoms with Crippen LogP contribution in [0.15, 0.2) is 42.6 Å². The Hall–Kier alpha value is -1.87. The fourth-order valence-corrected chi connectivity index (χ4v) is 2.26. The number of nitrogens with zero attached hydrogens (tertiary/aromatic N) is 2. The third kappa shape index (κ3) is 3.61. The van der Waals surface area contributed by atoms with Gasteiger partial charge in [0.2, 0.25) is 0 Å². The summed E-state index contributed by atoms with van der Waals surface area (Å²) in [5.74, 6) is 0.0648. The average molecular weight is 303 g/mol. The van der Waals surface area contributed by atoms with Gasteiger partial charge < -0.3 is 4.90 Å². The second kappa shape index (κ2) is 6.72. The van der Waals surface area contributed by atoms with Crippen molar-refractivity contribution in [2.24, 2.45) is 0 Å². The minimum atomic E-state index is 0.0648. The van der Waals surface area contributed by atoms with E-state index in [1.54, 1.807) is 12.3 Å². The van der Waals surface area contributed by atoms with Crippen molar-refractivity contribution in [3.63, 3.8) is 0 Å². The van der Waals surface area contributed by atoms with Gasteiger partial charge in [-0.1, -0.05) is 30.7 Å². The molecule has 110 valence electrons. The van der Waals surface area contributed by atoms with Gasteiger partial charge in [0.1, 0.15) is 5.69 Å². The molecular weight excluding hydrogens is 284 g/mol. The van der Waals surface area contributed by atoms with Crippen molar-refractivity contribution in [3.05, 3.63) is 58.9 Å². The molecule has 1 atom stereocenters. The number of pyridine rings is 1. The van der Waals surface area contributed by atoms with E-state index in [1.807, 2.05) is 44.3 Å². The van der Waals surface area contributed by atoms with Crippen LogP contribution in [0.1, 0.15) is 42.4 Å². The topological polar surface area (TPSA) is 33.2 Å². The second-order valence-electron chi connectivity index (χ2n) is 5.02. The van der Waals surface area contributed by atoms with Crippen molar-refractivity contribution in [3.8, 4) is 0 Å². The summed E-state index contributed by atoms with van der Waals surface area (Å²) in [6, 6.07) is 11.7. The summed E-state index contributed by atoms with van der Waals surface area (Å²) in [6.45, 7) is 3.96. The first-order chi connectivity index (χ1) is 10.0. The van der Waals surface area contributed by atoms with E-state index in [2.05, 4.69) is 16.8 Å². The molecule has 0 amide bonds. The van der Waals surface area contributed by atoms with Gasteiger partial charge in [-0.15, -0.1) is 0 Å². The third-order valence-corrected chi connectivity index (χ3v) is 3.95. The number of Topliss-reactive ketones (excluding diaryl/α,β-unsaturated/α-hetero) is 1. The normalized spacial score (nSPS) is 12.0. The molecular formula is C17H19ClN2O. The first-order valence-corrected chi connectivity index (χ1v) is 7.38. The van der Waals surface area contributed by atoms with E-state index in [-0.39, 0.29) is 11.8 Å². The monoisotopic (exact) mass is 302 g/mol. The van der Waals surface area contributed by atoms with Crippen LogP contribution in [-0.4, -0.2) is 17.8 Å². The summed E-state index contributed by atoms with van der Waals surface area (Å²) < 4.78 is 0. The van der Waals surface area contributed by atoms with Crippen LogP contribution in [0.3, 0.4) is 0 Å². The Bertz CT molecular complexity index is 608. The highest BCUT2D eigenvalue weighted by atomic mass is 35.5. The molecule has 0 aliphatic rings. The standard InChI is InChI=1S/C17H19ClN2O/c1-4-17(21)16-10-9-15(11-19-16)20(3)12(2)13-5-7-14(18)8-6-13/h5-12H,4H2,1-3H3. The molecule has 1 heterocycles. The Morgan fingerprint density at radius 2 is 1.90 bits per heavy atom. The maximum Gasteiger partial charge on any atom is 0.180 e. The predicted octanol–water partition coefficient (Wildman–Crippen LogP) is 4.53. The lowest BCUT2D eigenvalue weighted by atomic mass is 10.1. The molecule has 0 aliphatic carbocycles. The van der Waals surface area contributed by atoms with Crippen LogP contribution in [-0.2, 0) is 0 Å². The van der Waals surface area contributed by atoms with Crippen molar-refractivity contribution >= 4 is 23.1 Å². The molecule has 0 bridgehead atoms. The Morgan fingerprint density at radius 1 is 1.24 bits per heavy atom. The minimum Gasteiger partial charge on any atom is -0.367 e. The highest BCUT2D eigenvalue weighted by Crippen LogP contribution is 2.25. The lowest BCUT2D eigenvalue weighted by molar-refractivity contribution is 0.0983. The Morgan fingerprint density at radius 3 is 2.43 bits per heavy atom. The van der Waals surface area contributed by atoms with Crippen LogP contribution >= 0.6 is 11.6 Å². The van der Waals surface area contributed by atoms with Gasteiger partial charge in [0.15, 0.2) is 5.78 Å². The molecule has 21 heavy (non-hydrogen) atoms. The van der Waals surface area contributed by atoms with Crippen molar-refractivity contribution in [1.82, 2.24) is 4.98 Å². The van der Waals surface area contributed by atoms with Gasteiger partial charge >= 0.3 is 0 Å². The molecule has 1 unspecified atom stereocenters. The Kier molecular flexibility index (Phi) is 4.97. The summed E-state index contributed by atoms with van der Waals surface area (Å²) in [4.78, 5) is 18.0. The summed E-state index contributed by atoms with van der Waals surface area (Å²) in [5, 5.41) is 0.734. The van der Waals surface area contributed by atoms with E-state index in [0.29, 0.717) is 12.1 Å². The van der Waals surface area contributed by atoms with Crippen LogP contribution in [0.5, 0.6) is 0 Å². The first-order valence-electron chi connectivity index (χ1n) is 7.00. The Labute approximate surface area is 130 Å². The number of ketones is 1. The van der Waals surface area contributed by atoms with Gasteiger partial charge in [0, 0.05) is 18.5 Å². The first kappa shape index (κ1) is 15.5. The molecule has 0 radical (unpaired) electrons. The molecule has 0 fully saturated rings. The lowest BCUT2D eigenvalue weighted by Crippen LogP contribution is -2.21. The molecule has 4 heteroatoms. The zero-order valence-electron chi connectivity index (χ0n) is 12.5. The number of halogens is 1. The number of anilines is 1. The summed E-state index contributed by atoms with van der Waals surface area (Å²) in [6.07, 6.45) is 2.22. The maximum atomic E-state index is 11.6. The fourth-order valence-electron chi connectivity index (χ4n) is 2.13. The van der Waals surface area contributed by atoms with Gasteiger partial charge in [0.25, 0.3) is 0 Å². The average Bonchev–Trinajstić information content (AvgIpc) is 2.53. The highest BCUT2D eigenvalue weighted by molar-refractivity contribution is 6.30. The number of aromatic nitrogens is 1. The van der Waals surface area contributed by atoms with E-state index >= 15 is 0 Å². The summed E-state index contributed by atoms with van der Waals surface area (Å²) in [7, 11) is 2.01. The summed E-state index contributed by atoms with van der Waals surface area (Å²) in [5.41, 5.74) is 2.68. The van der Waals surface area contributed by atoms with Crippen LogP contribution in [0, 0.1) is 0 Å². The van der Waals surface area contributed by atoms with E-state index in [9.17, 15) is 4.79 Å². The molecule has 0 saturated heterocycles. The van der Waals surface area contributed by atoms with Crippen molar-refractivity contribution in [2.75, 3.05) is 11.9 Å². The Balaban J connectivity index is 2.17. The maximum absolute atomic E-state index is 11.6.